The van der Waals surface area contributed by atoms with Crippen molar-refractivity contribution in [3.05, 3.63) is 71.8 Å². The third-order valence-corrected chi connectivity index (χ3v) is 5.18. The highest BCUT2D eigenvalue weighted by Crippen LogP contribution is 2.34. The molecule has 7 heteroatoms. The molecule has 32 heavy (non-hydrogen) atoms. The van der Waals surface area contributed by atoms with E-state index in [1.54, 1.807) is 20.8 Å². The Kier molecular flexibility index (Phi) is 7.51. The van der Waals surface area contributed by atoms with Crippen LogP contribution in [0.25, 0.3) is 0 Å². The van der Waals surface area contributed by atoms with Gasteiger partial charge in [0.15, 0.2) is 0 Å². The van der Waals surface area contributed by atoms with Crippen LogP contribution in [0.15, 0.2) is 60.7 Å². The van der Waals surface area contributed by atoms with Crippen molar-refractivity contribution < 1.29 is 23.9 Å². The standard InChI is InChI=1S/C25H30N2O5/c1-25(2,3)32-23(29)26-21-14-19(16-28)15-27(22(21)20-12-8-5-9-13-20)24(30)31-17-18-10-6-4-7-11-18/h4-13,16,19,21-22H,14-15,17H2,1-3H3,(H,26,29)/t19-,21+,22+/m1/s1. The van der Waals surface area contributed by atoms with E-state index in [0.29, 0.717) is 6.42 Å². The lowest BCUT2D eigenvalue weighted by Gasteiger charge is -2.43. The molecule has 3 atom stereocenters. The maximum absolute atomic E-state index is 13.1. The van der Waals surface area contributed by atoms with Crippen molar-refractivity contribution in [2.75, 3.05) is 6.54 Å². The molecule has 2 aromatic carbocycles. The monoisotopic (exact) mass is 438 g/mol. The lowest BCUT2D eigenvalue weighted by atomic mass is 9.85. The Morgan fingerprint density at radius 2 is 1.69 bits per heavy atom. The zero-order chi connectivity index (χ0) is 23.1. The molecular formula is C25H30N2O5. The number of carbonyl (C=O) groups excluding carboxylic acids is 3. The van der Waals surface area contributed by atoms with Gasteiger partial charge in [0.1, 0.15) is 18.5 Å². The number of rotatable bonds is 5. The highest BCUT2D eigenvalue weighted by Gasteiger charge is 2.41. The number of piperidine rings is 1. The van der Waals surface area contributed by atoms with Crippen LogP contribution in [0.4, 0.5) is 9.59 Å². The molecule has 0 aliphatic carbocycles. The Hall–Kier alpha value is -3.35. The molecule has 2 amide bonds. The average Bonchev–Trinajstić information content (AvgIpc) is 2.77. The van der Waals surface area contributed by atoms with Gasteiger partial charge in [0.2, 0.25) is 0 Å². The first-order chi connectivity index (χ1) is 15.3. The number of hydrogen-bond donors (Lipinski definition) is 1. The van der Waals surface area contributed by atoms with Gasteiger partial charge >= 0.3 is 12.2 Å². The van der Waals surface area contributed by atoms with E-state index >= 15 is 0 Å². The summed E-state index contributed by atoms with van der Waals surface area (Å²) in [4.78, 5) is 38.9. The molecule has 7 nitrogen and oxygen atoms in total. The lowest BCUT2D eigenvalue weighted by molar-refractivity contribution is -0.113. The minimum absolute atomic E-state index is 0.119. The molecule has 0 saturated carbocycles. The molecule has 170 valence electrons. The van der Waals surface area contributed by atoms with Crippen LogP contribution in [0.3, 0.4) is 0 Å². The minimum atomic E-state index is -0.667. The number of hydrogen-bond acceptors (Lipinski definition) is 5. The quantitative estimate of drug-likeness (QED) is 0.696. The predicted octanol–water partition coefficient (Wildman–Crippen LogP) is 4.48. The van der Waals surface area contributed by atoms with Crippen molar-refractivity contribution in [3.63, 3.8) is 0 Å². The van der Waals surface area contributed by atoms with Crippen molar-refractivity contribution in [3.8, 4) is 0 Å². The summed E-state index contributed by atoms with van der Waals surface area (Å²) in [5, 5.41) is 2.88. The van der Waals surface area contributed by atoms with E-state index in [0.717, 1.165) is 17.4 Å². The second kappa shape index (κ2) is 10.3. The van der Waals surface area contributed by atoms with Gasteiger partial charge in [0.25, 0.3) is 0 Å². The lowest BCUT2D eigenvalue weighted by Crippen LogP contribution is -2.55. The molecule has 0 bridgehead atoms. The average molecular weight is 439 g/mol. The Morgan fingerprint density at radius 3 is 2.28 bits per heavy atom. The first kappa shape index (κ1) is 23.3. The number of nitrogens with one attached hydrogen (secondary N) is 1. The first-order valence-corrected chi connectivity index (χ1v) is 10.7. The fraction of sp³-hybridized carbons (Fsp3) is 0.400. The number of aldehydes is 1. The molecule has 1 saturated heterocycles. The number of benzene rings is 2. The fourth-order valence-electron chi connectivity index (χ4n) is 3.86. The van der Waals surface area contributed by atoms with Crippen LogP contribution in [0, 0.1) is 5.92 Å². The largest absolute Gasteiger partial charge is 0.445 e. The van der Waals surface area contributed by atoms with Gasteiger partial charge in [-0.3, -0.25) is 4.90 Å². The molecule has 1 aliphatic rings. The SMILES string of the molecule is CC(C)(C)OC(=O)N[C@H]1C[C@@H](C=O)CN(C(=O)OCc2ccccc2)[C@H]1c1ccccc1. The van der Waals surface area contributed by atoms with E-state index in [2.05, 4.69) is 5.32 Å². The number of ether oxygens (including phenoxy) is 2. The molecule has 2 aromatic rings. The van der Waals surface area contributed by atoms with Gasteiger partial charge < -0.3 is 19.6 Å². The molecule has 1 heterocycles. The van der Waals surface area contributed by atoms with Crippen molar-refractivity contribution in [2.45, 2.75) is 51.5 Å². The maximum Gasteiger partial charge on any atom is 0.410 e. The molecule has 1 N–H and O–H groups in total. The normalized spacial score (nSPS) is 20.8. The Balaban J connectivity index is 1.85. The van der Waals surface area contributed by atoms with E-state index in [9.17, 15) is 14.4 Å². The van der Waals surface area contributed by atoms with Crippen LogP contribution < -0.4 is 5.32 Å². The van der Waals surface area contributed by atoms with Crippen LogP contribution in [-0.2, 0) is 20.9 Å². The van der Waals surface area contributed by atoms with Crippen LogP contribution in [0.1, 0.15) is 44.4 Å². The van der Waals surface area contributed by atoms with E-state index < -0.39 is 35.8 Å². The highest BCUT2D eigenvalue weighted by molar-refractivity contribution is 5.72. The molecule has 0 radical (unpaired) electrons. The molecule has 0 unspecified atom stereocenters. The number of nitrogens with zero attached hydrogens (tertiary/aromatic N) is 1. The second-order valence-corrected chi connectivity index (χ2v) is 8.93. The maximum atomic E-state index is 13.1. The minimum Gasteiger partial charge on any atom is -0.445 e. The number of amides is 2. The van der Waals surface area contributed by atoms with Gasteiger partial charge in [-0.15, -0.1) is 0 Å². The summed E-state index contributed by atoms with van der Waals surface area (Å²) in [6, 6.07) is 17.8. The Morgan fingerprint density at radius 1 is 1.06 bits per heavy atom. The summed E-state index contributed by atoms with van der Waals surface area (Å²) in [5.74, 6) is -0.431. The van der Waals surface area contributed by atoms with Gasteiger partial charge in [0.05, 0.1) is 12.1 Å². The highest BCUT2D eigenvalue weighted by atomic mass is 16.6. The third kappa shape index (κ3) is 6.33. The Labute approximate surface area is 188 Å². The zero-order valence-corrected chi connectivity index (χ0v) is 18.7. The van der Waals surface area contributed by atoms with Crippen LogP contribution in [0.5, 0.6) is 0 Å². The van der Waals surface area contributed by atoms with Crippen molar-refractivity contribution in [1.29, 1.82) is 0 Å². The summed E-state index contributed by atoms with van der Waals surface area (Å²) in [5.41, 5.74) is 1.04. The molecule has 1 fully saturated rings. The van der Waals surface area contributed by atoms with Crippen LogP contribution in [0.2, 0.25) is 0 Å². The number of likely N-dealkylation sites (tertiary alicyclic amines) is 1. The summed E-state index contributed by atoms with van der Waals surface area (Å²) in [6.45, 7) is 5.67. The summed E-state index contributed by atoms with van der Waals surface area (Å²) in [7, 11) is 0. The Bertz CT molecular complexity index is 911. The van der Waals surface area contributed by atoms with E-state index in [1.165, 1.54) is 4.90 Å². The fourth-order valence-corrected chi connectivity index (χ4v) is 3.86. The predicted molar refractivity (Wildman–Crippen MR) is 120 cm³/mol. The zero-order valence-electron chi connectivity index (χ0n) is 18.7. The van der Waals surface area contributed by atoms with Gasteiger partial charge in [-0.25, -0.2) is 9.59 Å². The number of alkyl carbamates (subject to hydrolysis) is 1. The molecule has 3 rings (SSSR count). The molecule has 1 aliphatic heterocycles. The summed E-state index contributed by atoms with van der Waals surface area (Å²) in [6.07, 6.45) is 0.0885. The second-order valence-electron chi connectivity index (χ2n) is 8.93. The van der Waals surface area contributed by atoms with Crippen LogP contribution in [-0.4, -0.2) is 41.6 Å². The van der Waals surface area contributed by atoms with Crippen molar-refractivity contribution >= 4 is 18.5 Å². The van der Waals surface area contributed by atoms with E-state index in [-0.39, 0.29) is 13.2 Å². The summed E-state index contributed by atoms with van der Waals surface area (Å²) >= 11 is 0. The van der Waals surface area contributed by atoms with Gasteiger partial charge in [-0.05, 0) is 38.3 Å². The summed E-state index contributed by atoms with van der Waals surface area (Å²) < 4.78 is 11.0. The van der Waals surface area contributed by atoms with E-state index in [1.807, 2.05) is 60.7 Å². The van der Waals surface area contributed by atoms with Crippen molar-refractivity contribution in [1.82, 2.24) is 10.2 Å². The van der Waals surface area contributed by atoms with Gasteiger partial charge in [0, 0.05) is 12.5 Å². The molecule has 0 spiro atoms. The smallest absolute Gasteiger partial charge is 0.410 e. The first-order valence-electron chi connectivity index (χ1n) is 10.7. The third-order valence-electron chi connectivity index (χ3n) is 5.18. The topological polar surface area (TPSA) is 84.9 Å². The number of carbonyl (C=O) groups is 3. The van der Waals surface area contributed by atoms with Crippen molar-refractivity contribution in [2.24, 2.45) is 5.92 Å². The van der Waals surface area contributed by atoms with E-state index in [4.69, 9.17) is 9.47 Å². The molecular weight excluding hydrogens is 408 g/mol. The van der Waals surface area contributed by atoms with Crippen LogP contribution >= 0.6 is 0 Å². The molecule has 0 aromatic heterocycles. The van der Waals surface area contributed by atoms with Gasteiger partial charge in [-0.2, -0.15) is 0 Å². The van der Waals surface area contributed by atoms with Gasteiger partial charge in [-0.1, -0.05) is 60.7 Å².